The summed E-state index contributed by atoms with van der Waals surface area (Å²) in [5.74, 6) is 0. The fraction of sp³-hybridized carbons (Fsp3) is 0. The van der Waals surface area contributed by atoms with Gasteiger partial charge in [-0.1, -0.05) is 0 Å². The molecule has 1 aromatic rings. The number of hydrogen-bond donors (Lipinski definition) is 0. The van der Waals surface area contributed by atoms with E-state index >= 15 is 0 Å². The van der Waals surface area contributed by atoms with Gasteiger partial charge in [-0.2, -0.15) is 0 Å². The van der Waals surface area contributed by atoms with Crippen molar-refractivity contribution in [2.75, 3.05) is 0 Å². The highest BCUT2D eigenvalue weighted by atomic mass is 127. The van der Waals surface area contributed by atoms with Crippen LogP contribution in [0.15, 0.2) is 21.3 Å². The van der Waals surface area contributed by atoms with E-state index in [0.29, 0.717) is 0 Å². The highest BCUT2D eigenvalue weighted by Gasteiger charge is 1.95. The molecule has 9 heavy (non-hydrogen) atoms. The standard InChI is InChI=1S/C5H2Br2IN/c6-3-1-4(8)5(7)9-2-3/h1-2H. The molecule has 4 heteroatoms. The van der Waals surface area contributed by atoms with Gasteiger partial charge < -0.3 is 0 Å². The summed E-state index contributed by atoms with van der Waals surface area (Å²) >= 11 is 8.81. The summed E-state index contributed by atoms with van der Waals surface area (Å²) in [6, 6.07) is 2.00. The second-order valence-corrected chi connectivity index (χ2v) is 4.26. The lowest BCUT2D eigenvalue weighted by atomic mass is 10.5. The third kappa shape index (κ3) is 2.16. The fourth-order valence-electron chi connectivity index (χ4n) is 0.398. The van der Waals surface area contributed by atoms with E-state index in [4.69, 9.17) is 0 Å². The van der Waals surface area contributed by atoms with E-state index in [0.717, 1.165) is 12.6 Å². The van der Waals surface area contributed by atoms with Gasteiger partial charge in [0.05, 0.1) is 0 Å². The quantitative estimate of drug-likeness (QED) is 0.510. The van der Waals surface area contributed by atoms with Gasteiger partial charge in [-0.15, -0.1) is 0 Å². The normalized spacial score (nSPS) is 9.67. The van der Waals surface area contributed by atoms with Gasteiger partial charge in [0.1, 0.15) is 4.60 Å². The van der Waals surface area contributed by atoms with Gasteiger partial charge in [0.25, 0.3) is 0 Å². The average molecular weight is 363 g/mol. The zero-order chi connectivity index (χ0) is 6.85. The predicted molar refractivity (Wildman–Crippen MR) is 52.4 cm³/mol. The van der Waals surface area contributed by atoms with E-state index in [-0.39, 0.29) is 0 Å². The van der Waals surface area contributed by atoms with Gasteiger partial charge in [-0.05, 0) is 60.5 Å². The Kier molecular flexibility index (Phi) is 2.91. The first-order chi connectivity index (χ1) is 4.20. The van der Waals surface area contributed by atoms with Crippen molar-refractivity contribution >= 4 is 54.5 Å². The van der Waals surface area contributed by atoms with Crippen molar-refractivity contribution < 1.29 is 0 Å². The molecule has 48 valence electrons. The summed E-state index contributed by atoms with van der Waals surface area (Å²) in [5.41, 5.74) is 0. The molecule has 1 nitrogen and oxygen atoms in total. The maximum absolute atomic E-state index is 4.04. The molecule has 0 atom stereocenters. The lowest BCUT2D eigenvalue weighted by Crippen LogP contribution is -1.78. The lowest BCUT2D eigenvalue weighted by molar-refractivity contribution is 1.24. The highest BCUT2D eigenvalue weighted by Crippen LogP contribution is 2.19. The van der Waals surface area contributed by atoms with Crippen molar-refractivity contribution in [2.24, 2.45) is 0 Å². The van der Waals surface area contributed by atoms with Crippen molar-refractivity contribution in [2.45, 2.75) is 0 Å². The van der Waals surface area contributed by atoms with E-state index in [1.807, 2.05) is 6.07 Å². The molecule has 0 saturated heterocycles. The first-order valence-corrected chi connectivity index (χ1v) is 4.83. The summed E-state index contributed by atoms with van der Waals surface area (Å²) in [7, 11) is 0. The molecule has 0 aliphatic rings. The number of nitrogens with zero attached hydrogens (tertiary/aromatic N) is 1. The van der Waals surface area contributed by atoms with E-state index in [2.05, 4.69) is 59.4 Å². The number of aromatic nitrogens is 1. The first kappa shape index (κ1) is 7.94. The van der Waals surface area contributed by atoms with Crippen molar-refractivity contribution in [3.8, 4) is 0 Å². The molecule has 0 aliphatic carbocycles. The van der Waals surface area contributed by atoms with Gasteiger partial charge in [0.2, 0.25) is 0 Å². The summed E-state index contributed by atoms with van der Waals surface area (Å²) in [6.45, 7) is 0. The Labute approximate surface area is 83.6 Å². The van der Waals surface area contributed by atoms with E-state index in [1.54, 1.807) is 6.20 Å². The van der Waals surface area contributed by atoms with Gasteiger partial charge >= 0.3 is 0 Å². The van der Waals surface area contributed by atoms with Crippen molar-refractivity contribution in [3.05, 3.63) is 24.9 Å². The van der Waals surface area contributed by atoms with Gasteiger partial charge in [0.15, 0.2) is 0 Å². The number of hydrogen-bond acceptors (Lipinski definition) is 1. The average Bonchev–Trinajstić information content (AvgIpc) is 1.80. The van der Waals surface area contributed by atoms with Crippen LogP contribution in [0.1, 0.15) is 0 Å². The van der Waals surface area contributed by atoms with E-state index < -0.39 is 0 Å². The molecule has 1 rings (SSSR count). The number of pyridine rings is 1. The minimum Gasteiger partial charge on any atom is -0.247 e. The highest BCUT2D eigenvalue weighted by molar-refractivity contribution is 14.1. The van der Waals surface area contributed by atoms with Crippen molar-refractivity contribution in [3.63, 3.8) is 0 Å². The fourth-order valence-corrected chi connectivity index (χ4v) is 1.85. The summed E-state index contributed by atoms with van der Waals surface area (Å²) < 4.78 is 3.02. The molecule has 0 saturated carbocycles. The predicted octanol–water partition coefficient (Wildman–Crippen LogP) is 3.21. The Morgan fingerprint density at radius 2 is 2.11 bits per heavy atom. The first-order valence-electron chi connectivity index (χ1n) is 2.16. The molecular formula is C5H2Br2IN. The topological polar surface area (TPSA) is 12.9 Å². The molecule has 1 heterocycles. The monoisotopic (exact) mass is 361 g/mol. The van der Waals surface area contributed by atoms with Crippen LogP contribution in [0.5, 0.6) is 0 Å². The molecule has 0 aromatic carbocycles. The van der Waals surface area contributed by atoms with Crippen LogP contribution in [0.2, 0.25) is 0 Å². The smallest absolute Gasteiger partial charge is 0.119 e. The van der Waals surface area contributed by atoms with Crippen LogP contribution in [0.3, 0.4) is 0 Å². The third-order valence-corrected chi connectivity index (χ3v) is 3.39. The molecular weight excluding hydrogens is 361 g/mol. The van der Waals surface area contributed by atoms with Crippen LogP contribution < -0.4 is 0 Å². The van der Waals surface area contributed by atoms with Crippen molar-refractivity contribution in [1.29, 1.82) is 0 Å². The Bertz CT molecular complexity index is 226. The molecule has 0 N–H and O–H groups in total. The third-order valence-electron chi connectivity index (χ3n) is 0.763. The number of halogens is 3. The maximum atomic E-state index is 4.04. The van der Waals surface area contributed by atoms with Crippen LogP contribution in [-0.2, 0) is 0 Å². The van der Waals surface area contributed by atoms with E-state index in [1.165, 1.54) is 0 Å². The second-order valence-electron chi connectivity index (χ2n) is 1.43. The van der Waals surface area contributed by atoms with Crippen LogP contribution in [0.25, 0.3) is 0 Å². The van der Waals surface area contributed by atoms with Crippen molar-refractivity contribution in [1.82, 2.24) is 4.98 Å². The lowest BCUT2D eigenvalue weighted by Gasteiger charge is -1.92. The van der Waals surface area contributed by atoms with Crippen LogP contribution in [0.4, 0.5) is 0 Å². The minimum atomic E-state index is 0.895. The Morgan fingerprint density at radius 3 is 2.56 bits per heavy atom. The van der Waals surface area contributed by atoms with Crippen LogP contribution in [-0.4, -0.2) is 4.98 Å². The van der Waals surface area contributed by atoms with Gasteiger partial charge in [-0.25, -0.2) is 4.98 Å². The van der Waals surface area contributed by atoms with Gasteiger partial charge in [0, 0.05) is 14.2 Å². The zero-order valence-electron chi connectivity index (χ0n) is 4.24. The SMILES string of the molecule is Brc1cnc(Br)c(I)c1. The Hall–Kier alpha value is 0.840. The maximum Gasteiger partial charge on any atom is 0.119 e. The molecule has 1 aromatic heterocycles. The van der Waals surface area contributed by atoms with Gasteiger partial charge in [-0.3, -0.25) is 0 Å². The zero-order valence-corrected chi connectivity index (χ0v) is 9.57. The second kappa shape index (κ2) is 3.30. The minimum absolute atomic E-state index is 0.895. The summed E-state index contributed by atoms with van der Waals surface area (Å²) in [6.07, 6.45) is 1.76. The molecule has 0 radical (unpaired) electrons. The summed E-state index contributed by atoms with van der Waals surface area (Å²) in [4.78, 5) is 4.04. The molecule has 0 bridgehead atoms. The Morgan fingerprint density at radius 1 is 1.44 bits per heavy atom. The van der Waals surface area contributed by atoms with Crippen LogP contribution in [0, 0.1) is 3.57 Å². The molecule has 0 spiro atoms. The molecule has 0 unspecified atom stereocenters. The molecule has 0 amide bonds. The van der Waals surface area contributed by atoms with E-state index in [9.17, 15) is 0 Å². The van der Waals surface area contributed by atoms with Crippen LogP contribution >= 0.6 is 54.5 Å². The largest absolute Gasteiger partial charge is 0.247 e. The molecule has 0 fully saturated rings. The Balaban J connectivity index is 3.17. The summed E-state index contributed by atoms with van der Waals surface area (Å²) in [5, 5.41) is 0. The number of rotatable bonds is 0. The molecule has 0 aliphatic heterocycles.